The third kappa shape index (κ3) is 4.10. The van der Waals surface area contributed by atoms with E-state index in [2.05, 4.69) is 10.1 Å². The second-order valence-corrected chi connectivity index (χ2v) is 3.85. The number of halogens is 4. The van der Waals surface area contributed by atoms with E-state index >= 15 is 0 Å². The molecule has 0 saturated heterocycles. The summed E-state index contributed by atoms with van der Waals surface area (Å²) in [6, 6.07) is 2.96. The number of nitrogens with one attached hydrogen (secondary N) is 1. The molecule has 0 spiro atoms. The van der Waals surface area contributed by atoms with E-state index in [1.165, 1.54) is 7.11 Å². The van der Waals surface area contributed by atoms with Crippen LogP contribution in [0.25, 0.3) is 0 Å². The number of methoxy groups -OCH3 is 1. The van der Waals surface area contributed by atoms with Crippen LogP contribution in [0.5, 0.6) is 0 Å². The second-order valence-electron chi connectivity index (χ2n) is 3.45. The number of alkyl halides is 3. The van der Waals surface area contributed by atoms with Crippen LogP contribution in [0.4, 0.5) is 18.9 Å². The van der Waals surface area contributed by atoms with Crippen molar-refractivity contribution in [1.82, 2.24) is 0 Å². The third-order valence-corrected chi connectivity index (χ3v) is 2.50. The van der Waals surface area contributed by atoms with E-state index in [-0.39, 0.29) is 23.7 Å². The van der Waals surface area contributed by atoms with Crippen molar-refractivity contribution in [2.24, 2.45) is 0 Å². The number of esters is 1. The molecule has 0 aliphatic heterocycles. The van der Waals surface area contributed by atoms with Crippen LogP contribution in [-0.4, -0.2) is 19.6 Å². The normalized spacial score (nSPS) is 11.2. The van der Waals surface area contributed by atoms with Gasteiger partial charge in [0.25, 0.3) is 0 Å². The van der Waals surface area contributed by atoms with Crippen molar-refractivity contribution < 1.29 is 22.7 Å². The molecule has 18 heavy (non-hydrogen) atoms. The molecule has 0 fully saturated rings. The van der Waals surface area contributed by atoms with Crippen LogP contribution in [-0.2, 0) is 15.7 Å². The summed E-state index contributed by atoms with van der Waals surface area (Å²) in [5.41, 5.74) is -0.664. The average molecular weight is 282 g/mol. The summed E-state index contributed by atoms with van der Waals surface area (Å²) in [7, 11) is 1.24. The quantitative estimate of drug-likeness (QED) is 0.860. The molecule has 0 aromatic heterocycles. The molecule has 0 amide bonds. The van der Waals surface area contributed by atoms with Gasteiger partial charge in [-0.1, -0.05) is 11.6 Å². The van der Waals surface area contributed by atoms with Crippen LogP contribution in [0.2, 0.25) is 5.02 Å². The third-order valence-electron chi connectivity index (χ3n) is 2.17. The molecule has 0 bridgehead atoms. The fourth-order valence-electron chi connectivity index (χ4n) is 1.24. The minimum Gasteiger partial charge on any atom is -0.469 e. The SMILES string of the molecule is COC(=O)CCNc1cc(C(F)(F)F)ccc1Cl. The van der Waals surface area contributed by atoms with Gasteiger partial charge in [-0.05, 0) is 18.2 Å². The summed E-state index contributed by atoms with van der Waals surface area (Å²) < 4.78 is 41.8. The van der Waals surface area contributed by atoms with Crippen molar-refractivity contribution in [1.29, 1.82) is 0 Å². The summed E-state index contributed by atoms with van der Waals surface area (Å²) in [5.74, 6) is -0.453. The molecule has 0 radical (unpaired) electrons. The first-order valence-corrected chi connectivity index (χ1v) is 5.40. The number of carbonyl (C=O) groups excluding carboxylic acids is 1. The van der Waals surface area contributed by atoms with E-state index in [1.807, 2.05) is 0 Å². The van der Waals surface area contributed by atoms with Gasteiger partial charge in [0.15, 0.2) is 0 Å². The fourth-order valence-corrected chi connectivity index (χ4v) is 1.42. The van der Waals surface area contributed by atoms with Gasteiger partial charge in [-0.3, -0.25) is 4.79 Å². The van der Waals surface area contributed by atoms with E-state index in [0.29, 0.717) is 0 Å². The predicted molar refractivity (Wildman–Crippen MR) is 61.6 cm³/mol. The van der Waals surface area contributed by atoms with Gasteiger partial charge in [0.2, 0.25) is 0 Å². The van der Waals surface area contributed by atoms with E-state index in [0.717, 1.165) is 18.2 Å². The number of ether oxygens (including phenoxy) is 1. The Hall–Kier alpha value is -1.43. The number of carbonyl (C=O) groups is 1. The largest absolute Gasteiger partial charge is 0.469 e. The Morgan fingerprint density at radius 2 is 2.11 bits per heavy atom. The van der Waals surface area contributed by atoms with Crippen molar-refractivity contribution in [2.75, 3.05) is 19.0 Å². The predicted octanol–water partition coefficient (Wildman–Crippen LogP) is 3.33. The smallest absolute Gasteiger partial charge is 0.416 e. The van der Waals surface area contributed by atoms with Crippen LogP contribution in [0.3, 0.4) is 0 Å². The van der Waals surface area contributed by atoms with Crippen LogP contribution in [0, 0.1) is 0 Å². The van der Waals surface area contributed by atoms with Crippen LogP contribution in [0.1, 0.15) is 12.0 Å². The maximum Gasteiger partial charge on any atom is 0.416 e. The van der Waals surface area contributed by atoms with E-state index in [9.17, 15) is 18.0 Å². The molecule has 0 heterocycles. The van der Waals surface area contributed by atoms with Gasteiger partial charge in [0.05, 0.1) is 29.8 Å². The highest BCUT2D eigenvalue weighted by Crippen LogP contribution is 2.33. The highest BCUT2D eigenvalue weighted by Gasteiger charge is 2.30. The fraction of sp³-hybridized carbons (Fsp3) is 0.364. The first kappa shape index (κ1) is 14.6. The first-order valence-electron chi connectivity index (χ1n) is 5.02. The molecule has 1 N–H and O–H groups in total. The van der Waals surface area contributed by atoms with Gasteiger partial charge in [-0.15, -0.1) is 0 Å². The lowest BCUT2D eigenvalue weighted by Crippen LogP contribution is -2.11. The molecule has 1 aromatic rings. The minimum atomic E-state index is -4.43. The number of hydrogen-bond donors (Lipinski definition) is 1. The Labute approximate surface area is 107 Å². The molecule has 0 saturated carbocycles. The highest BCUT2D eigenvalue weighted by atomic mass is 35.5. The van der Waals surface area contributed by atoms with Crippen molar-refractivity contribution in [2.45, 2.75) is 12.6 Å². The van der Waals surface area contributed by atoms with Crippen molar-refractivity contribution in [3.63, 3.8) is 0 Å². The molecule has 3 nitrogen and oxygen atoms in total. The zero-order valence-corrected chi connectivity index (χ0v) is 10.2. The molecular weight excluding hydrogens is 271 g/mol. The van der Waals surface area contributed by atoms with E-state index in [4.69, 9.17) is 11.6 Å². The van der Waals surface area contributed by atoms with Crippen LogP contribution in [0.15, 0.2) is 18.2 Å². The molecular formula is C11H11ClF3NO2. The molecule has 1 aromatic carbocycles. The Bertz CT molecular complexity index is 435. The summed E-state index contributed by atoms with van der Waals surface area (Å²) in [5, 5.41) is 2.82. The van der Waals surface area contributed by atoms with Gasteiger partial charge >= 0.3 is 12.1 Å². The van der Waals surface area contributed by atoms with Gasteiger partial charge in [-0.25, -0.2) is 0 Å². The van der Waals surface area contributed by atoms with Crippen LogP contribution < -0.4 is 5.32 Å². The summed E-state index contributed by atoms with van der Waals surface area (Å²) in [6.07, 6.45) is -4.38. The maximum atomic E-state index is 12.5. The van der Waals surface area contributed by atoms with Gasteiger partial charge in [0, 0.05) is 6.54 Å². The zero-order valence-electron chi connectivity index (χ0n) is 9.47. The molecule has 1 rings (SSSR count). The zero-order chi connectivity index (χ0) is 13.8. The summed E-state index contributed by atoms with van der Waals surface area (Å²) in [6.45, 7) is 0.147. The van der Waals surface area contributed by atoms with Crippen molar-refractivity contribution in [3.05, 3.63) is 28.8 Å². The van der Waals surface area contributed by atoms with Gasteiger partial charge in [0.1, 0.15) is 0 Å². The molecule has 100 valence electrons. The highest BCUT2D eigenvalue weighted by molar-refractivity contribution is 6.33. The molecule has 0 aliphatic rings. The average Bonchev–Trinajstić information content (AvgIpc) is 2.29. The monoisotopic (exact) mass is 281 g/mol. The molecule has 0 unspecified atom stereocenters. The van der Waals surface area contributed by atoms with Gasteiger partial charge in [-0.2, -0.15) is 13.2 Å². The standard InChI is InChI=1S/C11H11ClF3NO2/c1-18-10(17)4-5-16-9-6-7(11(13,14)15)2-3-8(9)12/h2-3,6,16H,4-5H2,1H3. The summed E-state index contributed by atoms with van der Waals surface area (Å²) in [4.78, 5) is 10.8. The Morgan fingerprint density at radius 3 is 2.67 bits per heavy atom. The topological polar surface area (TPSA) is 38.3 Å². The van der Waals surface area contributed by atoms with E-state index < -0.39 is 17.7 Å². The number of hydrogen-bond acceptors (Lipinski definition) is 3. The minimum absolute atomic E-state index is 0.0447. The van der Waals surface area contributed by atoms with E-state index in [1.54, 1.807) is 0 Å². The molecule has 0 aliphatic carbocycles. The van der Waals surface area contributed by atoms with Gasteiger partial charge < -0.3 is 10.1 Å². The number of benzene rings is 1. The lowest BCUT2D eigenvalue weighted by molar-refractivity contribution is -0.140. The molecule has 7 heteroatoms. The number of anilines is 1. The Morgan fingerprint density at radius 1 is 1.44 bits per heavy atom. The first-order chi connectivity index (χ1) is 8.34. The molecule has 0 atom stereocenters. The lowest BCUT2D eigenvalue weighted by atomic mass is 10.2. The Balaban J connectivity index is 2.73. The second kappa shape index (κ2) is 5.95. The van der Waals surface area contributed by atoms with Crippen LogP contribution >= 0.6 is 11.6 Å². The number of rotatable bonds is 4. The maximum absolute atomic E-state index is 12.5. The Kier molecular flexibility index (Phi) is 4.84. The van der Waals surface area contributed by atoms with Crippen molar-refractivity contribution >= 4 is 23.3 Å². The van der Waals surface area contributed by atoms with Crippen molar-refractivity contribution in [3.8, 4) is 0 Å². The lowest BCUT2D eigenvalue weighted by Gasteiger charge is -2.12. The summed E-state index contributed by atoms with van der Waals surface area (Å²) >= 11 is 5.75.